The van der Waals surface area contributed by atoms with Crippen LogP contribution in [0.2, 0.25) is 0 Å². The Morgan fingerprint density at radius 1 is 0.887 bits per heavy atom. The summed E-state index contributed by atoms with van der Waals surface area (Å²) in [7, 11) is 0. The van der Waals surface area contributed by atoms with Gasteiger partial charge in [-0.1, -0.05) is 82.7 Å². The molecular weight excluding hydrogens is 1040 g/mol. The van der Waals surface area contributed by atoms with Gasteiger partial charge in [-0.15, -0.1) is 11.3 Å². The van der Waals surface area contributed by atoms with Gasteiger partial charge >= 0.3 is 0 Å². The topological polar surface area (TPSA) is 251 Å². The van der Waals surface area contributed by atoms with Crippen LogP contribution in [0.5, 0.6) is 11.5 Å². The molecule has 4 amide bonds. The fourth-order valence-electron chi connectivity index (χ4n) is 9.98. The number of likely N-dealkylation sites (tertiary alicyclic amines) is 2. The summed E-state index contributed by atoms with van der Waals surface area (Å²) >= 11 is 1.57. The van der Waals surface area contributed by atoms with E-state index in [1.165, 1.54) is 17.3 Å². The molecule has 2 aliphatic rings. The van der Waals surface area contributed by atoms with Crippen molar-refractivity contribution in [3.63, 3.8) is 0 Å². The van der Waals surface area contributed by atoms with Gasteiger partial charge in [0.25, 0.3) is 0 Å². The summed E-state index contributed by atoms with van der Waals surface area (Å²) in [4.78, 5) is 71.2. The van der Waals surface area contributed by atoms with Crippen LogP contribution in [-0.4, -0.2) is 147 Å². The molecule has 3 atom stereocenters. The summed E-state index contributed by atoms with van der Waals surface area (Å²) in [5.74, 6) is -0.215. The molecule has 5 heterocycles. The number of nitrogens with two attached hydrogens (primary N) is 1. The molecule has 6 N–H and O–H groups in total. The normalized spacial score (nSPS) is 16.4. The van der Waals surface area contributed by atoms with Crippen LogP contribution in [0.3, 0.4) is 0 Å². The number of ether oxygens (including phenoxy) is 4. The number of rotatable bonds is 27. The third-order valence-corrected chi connectivity index (χ3v) is 15.3. The molecule has 0 unspecified atom stereocenters. The van der Waals surface area contributed by atoms with Gasteiger partial charge in [-0.3, -0.25) is 19.2 Å². The van der Waals surface area contributed by atoms with Crippen LogP contribution in [0.1, 0.15) is 83.0 Å². The van der Waals surface area contributed by atoms with Crippen molar-refractivity contribution >= 4 is 57.5 Å². The summed E-state index contributed by atoms with van der Waals surface area (Å²) in [6, 6.07) is 21.0. The number of hydrogen-bond donors (Lipinski definition) is 5. The number of aliphatic hydroxyl groups excluding tert-OH is 1. The van der Waals surface area contributed by atoms with E-state index >= 15 is 0 Å². The molecule has 21 heteroatoms. The molecule has 0 aliphatic carbocycles. The molecule has 8 rings (SSSR count). The van der Waals surface area contributed by atoms with Gasteiger partial charge in [0.05, 0.1) is 65.7 Å². The van der Waals surface area contributed by atoms with E-state index in [1.807, 2.05) is 105 Å². The number of hydrogen-bond acceptors (Lipinski definition) is 16. The van der Waals surface area contributed by atoms with Crippen molar-refractivity contribution in [2.45, 2.75) is 103 Å². The molecule has 3 aromatic heterocycles. The van der Waals surface area contributed by atoms with Crippen molar-refractivity contribution in [3.8, 4) is 33.2 Å². The highest BCUT2D eigenvalue weighted by Crippen LogP contribution is 2.39. The average molecular weight is 1110 g/mol. The monoisotopic (exact) mass is 1110 g/mol. The van der Waals surface area contributed by atoms with Crippen molar-refractivity contribution in [1.29, 1.82) is 0 Å². The molecule has 80 heavy (non-hydrogen) atoms. The smallest absolute Gasteiger partial charge is 0.247 e. The number of carbonyl (C=O) groups is 4. The predicted octanol–water partition coefficient (Wildman–Crippen LogP) is 7.48. The third kappa shape index (κ3) is 15.8. The fourth-order valence-corrected chi connectivity index (χ4v) is 10.8. The molecule has 426 valence electrons. The van der Waals surface area contributed by atoms with Crippen LogP contribution in [0.15, 0.2) is 97.3 Å². The van der Waals surface area contributed by atoms with Gasteiger partial charge in [0, 0.05) is 44.8 Å². The number of thiazole rings is 1. The molecule has 0 spiro atoms. The van der Waals surface area contributed by atoms with Crippen molar-refractivity contribution in [3.05, 3.63) is 109 Å². The first-order chi connectivity index (χ1) is 38.7. The van der Waals surface area contributed by atoms with E-state index in [0.29, 0.717) is 59.6 Å². The lowest BCUT2D eigenvalue weighted by Crippen LogP contribution is -2.58. The summed E-state index contributed by atoms with van der Waals surface area (Å²) in [5, 5.41) is 25.0. The zero-order chi connectivity index (χ0) is 56.6. The number of aliphatic hydroxyl groups is 1. The molecule has 2 aliphatic heterocycles. The van der Waals surface area contributed by atoms with Crippen LogP contribution in [0.25, 0.3) is 32.7 Å². The van der Waals surface area contributed by atoms with Crippen molar-refractivity contribution < 1.29 is 43.2 Å². The summed E-state index contributed by atoms with van der Waals surface area (Å²) in [6.07, 6.45) is 7.95. The zero-order valence-electron chi connectivity index (χ0n) is 46.2. The van der Waals surface area contributed by atoms with E-state index in [1.54, 1.807) is 17.4 Å². The Kier molecular flexibility index (Phi) is 20.9. The van der Waals surface area contributed by atoms with Gasteiger partial charge in [-0.05, 0) is 92.1 Å². The van der Waals surface area contributed by atoms with Gasteiger partial charge in [0.1, 0.15) is 42.3 Å². The molecule has 2 saturated heterocycles. The van der Waals surface area contributed by atoms with Crippen LogP contribution < -0.4 is 26.4 Å². The number of nitrogens with zero attached hydrogens (tertiary/aromatic N) is 7. The number of amides is 4. The first-order valence-corrected chi connectivity index (χ1v) is 28.3. The summed E-state index contributed by atoms with van der Waals surface area (Å²) < 4.78 is 25.2. The molecule has 6 aromatic rings. The Bertz CT molecular complexity index is 3030. The number of β-amino-alcohol motifs (C(OH)–C–C–N with tert-alkyl or cyclic N) is 1. The van der Waals surface area contributed by atoms with E-state index in [0.717, 1.165) is 85.4 Å². The maximum atomic E-state index is 14.0. The van der Waals surface area contributed by atoms with Gasteiger partial charge in [-0.25, -0.2) is 19.6 Å². The number of nitrogens with one attached hydrogen (secondary N) is 3. The van der Waals surface area contributed by atoms with Crippen LogP contribution in [0.4, 0.5) is 11.5 Å². The second-order valence-electron chi connectivity index (χ2n) is 21.3. The molecule has 2 fully saturated rings. The number of carbonyl (C=O) groups excluding carboxylic acids is 4. The van der Waals surface area contributed by atoms with Crippen molar-refractivity contribution in [2.75, 3.05) is 76.9 Å². The predicted molar refractivity (Wildman–Crippen MR) is 308 cm³/mol. The van der Waals surface area contributed by atoms with Crippen molar-refractivity contribution in [2.24, 2.45) is 5.41 Å². The van der Waals surface area contributed by atoms with E-state index < -0.39 is 35.4 Å². The van der Waals surface area contributed by atoms with Crippen molar-refractivity contribution in [1.82, 2.24) is 45.2 Å². The highest BCUT2D eigenvalue weighted by molar-refractivity contribution is 7.13. The van der Waals surface area contributed by atoms with Gasteiger partial charge in [0.15, 0.2) is 11.4 Å². The molecular formula is C59H75N11O9S. The largest absolute Gasteiger partial charge is 0.455 e. The number of nitrogen functional groups attached to an aromatic ring is 1. The average Bonchev–Trinajstić information content (AvgIpc) is 4.40. The minimum Gasteiger partial charge on any atom is -0.455 e. The van der Waals surface area contributed by atoms with Gasteiger partial charge in [0.2, 0.25) is 23.6 Å². The molecule has 20 nitrogen and oxygen atoms in total. The number of unbranched alkanes of at least 4 members (excludes halogenated alkanes) is 3. The Balaban J connectivity index is 0.679. The third-order valence-electron chi connectivity index (χ3n) is 14.3. The Morgan fingerprint density at radius 2 is 1.60 bits per heavy atom. The maximum absolute atomic E-state index is 14.0. The Morgan fingerprint density at radius 3 is 2.31 bits per heavy atom. The lowest BCUT2D eigenvalue weighted by molar-refractivity contribution is -0.144. The van der Waals surface area contributed by atoms with E-state index in [4.69, 9.17) is 29.8 Å². The Labute approximate surface area is 471 Å². The second kappa shape index (κ2) is 28.3. The Hall–Kier alpha value is -7.14. The first-order valence-electron chi connectivity index (χ1n) is 27.5. The lowest BCUT2D eigenvalue weighted by Gasteiger charge is -2.35. The lowest BCUT2D eigenvalue weighted by atomic mass is 9.85. The van der Waals surface area contributed by atoms with Crippen LogP contribution in [-0.2, 0) is 39.9 Å². The van der Waals surface area contributed by atoms with E-state index in [9.17, 15) is 24.3 Å². The summed E-state index contributed by atoms with van der Waals surface area (Å²) in [5.41, 5.74) is 13.0. The second-order valence-corrected chi connectivity index (χ2v) is 22.1. The highest BCUT2D eigenvalue weighted by atomic mass is 32.1. The molecule has 0 bridgehead atoms. The first kappa shape index (κ1) is 59.0. The molecule has 0 saturated carbocycles. The quantitative estimate of drug-likeness (QED) is 0.0248. The number of anilines is 2. The number of aryl methyl sites for hydroxylation is 1. The SMILES string of the molecule is C=CC(=O)Nc1cc(-c2nn(C3CCN(CCCCCCOCCOCCOCC(=O)N[C@H](C(=O)N4C[C@H](O)C[C@H]4C(=O)NCc4ccc(-c5scnc5C)cc4)C(C)(C)C)CC3)c3ncnc(N)c23)ccc1Oc1ccccc1. The number of aromatic nitrogens is 5. The van der Waals surface area contributed by atoms with E-state index in [2.05, 4.69) is 42.4 Å². The number of para-hydroxylation sites is 1. The minimum absolute atomic E-state index is 0.0130. The zero-order valence-corrected chi connectivity index (χ0v) is 47.1. The van der Waals surface area contributed by atoms with Crippen LogP contribution >= 0.6 is 11.3 Å². The van der Waals surface area contributed by atoms with Crippen LogP contribution in [0, 0.1) is 12.3 Å². The van der Waals surface area contributed by atoms with E-state index in [-0.39, 0.29) is 57.2 Å². The molecule has 3 aromatic carbocycles. The maximum Gasteiger partial charge on any atom is 0.247 e. The number of benzene rings is 3. The van der Waals surface area contributed by atoms with Gasteiger partial charge in [-0.2, -0.15) is 5.10 Å². The standard InChI is InChI=1S/C59H75N11O9S/c1-6-49(72)65-46-32-42(20-21-48(46)79-45-14-10-9-11-15-45)52-51-55(60)62-37-63-56(51)70(67-52)43-22-25-68(26-23-43)24-12-7-8-13-27-76-28-29-77-30-31-78-36-50(73)66-54(59(3,4)5)58(75)69-35-44(71)33-47(69)57(74)61-34-40-16-18-41(19-17-40)53-39(2)64-38-80-53/h6,9-11,14-21,32,37-38,43-44,47,54,71H,1,7-8,12-13,22-31,33-36H2,2-5H3,(H,61,74)(H,65,72)(H,66,73)(H2,60,62,63)/t44-,47+,54-/m1/s1. The minimum atomic E-state index is -0.959. The number of piperidine rings is 1. The summed E-state index contributed by atoms with van der Waals surface area (Å²) in [6.45, 7) is 15.9. The highest BCUT2D eigenvalue weighted by Gasteiger charge is 2.44. The van der Waals surface area contributed by atoms with Gasteiger partial charge < -0.3 is 55.5 Å². The fraction of sp³-hybridized carbons (Fsp3) is 0.458. The number of fused-ring (bicyclic) bond motifs is 1. The molecule has 0 radical (unpaired) electrons.